The molecular formula is C26H34F5N7O. The number of amides is 1. The summed E-state index contributed by atoms with van der Waals surface area (Å²) in [6.07, 6.45) is 1.00. The molecule has 2 aromatic heterocycles. The van der Waals surface area contributed by atoms with E-state index >= 15 is 0 Å². The van der Waals surface area contributed by atoms with Crippen molar-refractivity contribution in [2.24, 2.45) is 22.7 Å². The Balaban J connectivity index is 1.61. The number of carbonyl (C=O) groups excluding carboxylic acids is 1. The molecule has 1 unspecified atom stereocenters. The van der Waals surface area contributed by atoms with E-state index in [4.69, 9.17) is 5.73 Å². The van der Waals surface area contributed by atoms with Crippen LogP contribution in [0.1, 0.15) is 85.5 Å². The molecule has 214 valence electrons. The Hall–Kier alpha value is -3.09. The molecule has 0 bridgehead atoms. The highest BCUT2D eigenvalue weighted by molar-refractivity contribution is 5.95. The van der Waals surface area contributed by atoms with Crippen LogP contribution in [0.4, 0.5) is 22.0 Å². The zero-order valence-corrected chi connectivity index (χ0v) is 22.0. The highest BCUT2D eigenvalue weighted by Crippen LogP contribution is 2.41. The molecule has 2 aliphatic carbocycles. The zero-order chi connectivity index (χ0) is 28.5. The average Bonchev–Trinajstić information content (AvgIpc) is 3.54. The largest absolute Gasteiger partial charge is 0.390 e. The first-order chi connectivity index (χ1) is 18.3. The van der Waals surface area contributed by atoms with Crippen LogP contribution in [-0.4, -0.2) is 50.2 Å². The van der Waals surface area contributed by atoms with E-state index < -0.39 is 37.0 Å². The van der Waals surface area contributed by atoms with Gasteiger partial charge in [0.15, 0.2) is 5.82 Å². The maximum absolute atomic E-state index is 14.0. The fraction of sp³-hybridized carbons (Fsp3) is 0.615. The van der Waals surface area contributed by atoms with Crippen LogP contribution in [-0.2, 0) is 6.54 Å². The molecule has 0 spiro atoms. The van der Waals surface area contributed by atoms with Crippen LogP contribution < -0.4 is 11.1 Å². The van der Waals surface area contributed by atoms with Gasteiger partial charge in [0, 0.05) is 37.8 Å². The van der Waals surface area contributed by atoms with Crippen molar-refractivity contribution >= 4 is 18.7 Å². The molecule has 2 atom stereocenters. The molecule has 0 aliphatic heterocycles. The summed E-state index contributed by atoms with van der Waals surface area (Å²) < 4.78 is 68.5. The molecule has 13 heteroatoms. The Morgan fingerprint density at radius 1 is 1.28 bits per heavy atom. The minimum atomic E-state index is -4.36. The number of aryl methyl sites for hydroxylation is 1. The number of nitrogens with one attached hydrogen (secondary N) is 1. The van der Waals surface area contributed by atoms with Crippen molar-refractivity contribution in [3.8, 4) is 0 Å². The summed E-state index contributed by atoms with van der Waals surface area (Å²) >= 11 is 0. The monoisotopic (exact) mass is 555 g/mol. The minimum Gasteiger partial charge on any atom is -0.343 e. The second kappa shape index (κ2) is 11.2. The zero-order valence-electron chi connectivity index (χ0n) is 22.0. The van der Waals surface area contributed by atoms with Crippen LogP contribution in [0.5, 0.6) is 0 Å². The van der Waals surface area contributed by atoms with Crippen molar-refractivity contribution in [1.29, 1.82) is 0 Å². The van der Waals surface area contributed by atoms with Crippen LogP contribution in [0.2, 0.25) is 0 Å². The van der Waals surface area contributed by atoms with Crippen LogP contribution in [0, 0.1) is 18.8 Å². The second-order valence-corrected chi connectivity index (χ2v) is 10.6. The van der Waals surface area contributed by atoms with Crippen molar-refractivity contribution in [2.45, 2.75) is 89.5 Å². The predicted octanol–water partition coefficient (Wildman–Crippen LogP) is 5.24. The molecule has 39 heavy (non-hydrogen) atoms. The lowest BCUT2D eigenvalue weighted by Crippen LogP contribution is -2.37. The Morgan fingerprint density at radius 2 is 1.95 bits per heavy atom. The molecule has 2 aliphatic rings. The topological polar surface area (TPSA) is 103 Å². The van der Waals surface area contributed by atoms with Crippen molar-refractivity contribution in [2.75, 3.05) is 0 Å². The smallest absolute Gasteiger partial charge is 0.343 e. The lowest BCUT2D eigenvalue weighted by molar-refractivity contribution is -0.137. The Bertz CT molecular complexity index is 1220. The first-order valence-electron chi connectivity index (χ1n) is 13.1. The number of nitrogens with zero attached hydrogens (tertiary/aromatic N) is 5. The van der Waals surface area contributed by atoms with E-state index in [9.17, 15) is 26.7 Å². The Labute approximate surface area is 223 Å². The van der Waals surface area contributed by atoms with Gasteiger partial charge in [0.1, 0.15) is 0 Å². The quantitative estimate of drug-likeness (QED) is 0.309. The predicted molar refractivity (Wildman–Crippen MR) is 136 cm³/mol. The van der Waals surface area contributed by atoms with E-state index in [1.165, 1.54) is 17.8 Å². The lowest BCUT2D eigenvalue weighted by atomic mass is 9.81. The number of rotatable bonds is 10. The molecule has 8 nitrogen and oxygen atoms in total. The third-order valence-corrected chi connectivity index (χ3v) is 7.69. The summed E-state index contributed by atoms with van der Waals surface area (Å²) in [6, 6.07) is -0.851. The highest BCUT2D eigenvalue weighted by atomic mass is 19.4. The van der Waals surface area contributed by atoms with Crippen LogP contribution in [0.15, 0.2) is 23.1 Å². The molecule has 2 fully saturated rings. The number of imidazole rings is 1. The van der Waals surface area contributed by atoms with Crippen LogP contribution in [0.3, 0.4) is 0 Å². The van der Waals surface area contributed by atoms with E-state index in [0.717, 1.165) is 23.1 Å². The van der Waals surface area contributed by atoms with Crippen LogP contribution >= 0.6 is 0 Å². The molecule has 2 heterocycles. The summed E-state index contributed by atoms with van der Waals surface area (Å²) in [6.45, 7) is 6.59. The van der Waals surface area contributed by atoms with Crippen molar-refractivity contribution in [3.63, 3.8) is 0 Å². The van der Waals surface area contributed by atoms with Gasteiger partial charge in [0.25, 0.3) is 5.91 Å². The fourth-order valence-electron chi connectivity index (χ4n) is 5.07. The normalized spacial score (nSPS) is 20.1. The molecule has 2 saturated carbocycles. The van der Waals surface area contributed by atoms with E-state index in [2.05, 4.69) is 27.2 Å². The first kappa shape index (κ1) is 28.9. The number of hydrogen-bond acceptors (Lipinski definition) is 5. The third-order valence-electron chi connectivity index (χ3n) is 7.69. The van der Waals surface area contributed by atoms with Gasteiger partial charge in [0.05, 0.1) is 36.1 Å². The number of carbonyl (C=O) groups is 1. The van der Waals surface area contributed by atoms with E-state index in [1.54, 1.807) is 6.20 Å². The maximum Gasteiger partial charge on any atom is 0.390 e. The standard InChI is InChI=1S/C26H34F5N7O/c1-15(22(32)17-4-5-17)12-21-35-20(14-38(21)33-3)23(18-6-8-25(27,28)9-7-18)36-24(39)19-13-34-37(16(19)2)11-10-26(29,30)31/h12-14,17-18,22-23H,3-11,32H2,1-2H3,(H,36,39)/b15-12+/t22?,23-/m0/s1. The van der Waals surface area contributed by atoms with Gasteiger partial charge < -0.3 is 11.1 Å². The van der Waals surface area contributed by atoms with Crippen molar-refractivity contribution in [3.05, 3.63) is 40.7 Å². The van der Waals surface area contributed by atoms with E-state index in [1.807, 2.05) is 13.0 Å². The average molecular weight is 556 g/mol. The van der Waals surface area contributed by atoms with Gasteiger partial charge in [-0.3, -0.25) is 9.48 Å². The number of nitrogens with two attached hydrogens (primary N) is 1. The van der Waals surface area contributed by atoms with Crippen molar-refractivity contribution < 1.29 is 26.7 Å². The molecular weight excluding hydrogens is 521 g/mol. The van der Waals surface area contributed by atoms with Gasteiger partial charge in [-0.1, -0.05) is 5.57 Å². The van der Waals surface area contributed by atoms with Crippen molar-refractivity contribution in [1.82, 2.24) is 24.8 Å². The second-order valence-electron chi connectivity index (χ2n) is 10.6. The van der Waals surface area contributed by atoms with Gasteiger partial charge in [-0.2, -0.15) is 23.4 Å². The first-order valence-corrected chi connectivity index (χ1v) is 13.1. The summed E-state index contributed by atoms with van der Waals surface area (Å²) in [7, 11) is 0. The van der Waals surface area contributed by atoms with Crippen LogP contribution in [0.25, 0.3) is 6.08 Å². The summed E-state index contributed by atoms with van der Waals surface area (Å²) in [5.41, 5.74) is 8.03. The summed E-state index contributed by atoms with van der Waals surface area (Å²) in [5.74, 6) is -2.80. The van der Waals surface area contributed by atoms with Gasteiger partial charge >= 0.3 is 6.18 Å². The van der Waals surface area contributed by atoms with Gasteiger partial charge in [-0.25, -0.2) is 18.4 Å². The maximum atomic E-state index is 14.0. The van der Waals surface area contributed by atoms with E-state index in [-0.39, 0.29) is 48.9 Å². The number of aromatic nitrogens is 4. The fourth-order valence-corrected chi connectivity index (χ4v) is 5.07. The third kappa shape index (κ3) is 7.11. The summed E-state index contributed by atoms with van der Waals surface area (Å²) in [5, 5.41) is 10.8. The number of halogens is 5. The Morgan fingerprint density at radius 3 is 2.54 bits per heavy atom. The Kier molecular flexibility index (Phi) is 8.29. The molecule has 0 radical (unpaired) electrons. The minimum absolute atomic E-state index is 0.107. The van der Waals surface area contributed by atoms with Gasteiger partial charge in [-0.15, -0.1) is 0 Å². The van der Waals surface area contributed by atoms with Gasteiger partial charge in [0.2, 0.25) is 5.92 Å². The molecule has 3 N–H and O–H groups in total. The lowest BCUT2D eigenvalue weighted by Gasteiger charge is -2.33. The SMILES string of the molecule is C=Nn1cc([C@@H](NC(=O)c2cnn(CCC(F)(F)F)c2C)C2CCC(F)(F)CC2)nc1/C=C(\C)C(N)C1CC1. The molecule has 4 rings (SSSR count). The summed E-state index contributed by atoms with van der Waals surface area (Å²) in [4.78, 5) is 18.0. The molecule has 2 aromatic rings. The molecule has 0 aromatic carbocycles. The number of hydrogen-bond donors (Lipinski definition) is 2. The molecule has 1 amide bonds. The van der Waals surface area contributed by atoms with E-state index in [0.29, 0.717) is 17.4 Å². The van der Waals surface area contributed by atoms with Gasteiger partial charge in [-0.05, 0) is 57.4 Å². The number of alkyl halides is 5. The molecule has 0 saturated heterocycles. The highest BCUT2D eigenvalue weighted by Gasteiger charge is 2.40.